The molecule has 6 heteroatoms. The van der Waals surface area contributed by atoms with Crippen molar-refractivity contribution in [3.8, 4) is 0 Å². The smallest absolute Gasteiger partial charge is 0.283 e. The fourth-order valence-corrected chi connectivity index (χ4v) is 5.22. The fourth-order valence-electron chi connectivity index (χ4n) is 3.92. The standard InChI is InChI=1S/C22H26N4OS/c1-4-25(5-2)17-12-10-16(11-13-17)14-23-26-15(3)24-21-20(22(26)27)18-8-6-7-9-19(18)28-21/h10-14H,4-9H2,1-3H3/b23-14-. The van der Waals surface area contributed by atoms with Gasteiger partial charge < -0.3 is 4.90 Å². The van der Waals surface area contributed by atoms with E-state index < -0.39 is 0 Å². The van der Waals surface area contributed by atoms with Gasteiger partial charge in [-0.1, -0.05) is 12.1 Å². The molecule has 3 aromatic rings. The van der Waals surface area contributed by atoms with Crippen molar-refractivity contribution in [3.05, 3.63) is 56.4 Å². The van der Waals surface area contributed by atoms with Crippen LogP contribution in [0.2, 0.25) is 0 Å². The lowest BCUT2D eigenvalue weighted by Gasteiger charge is -2.20. The second kappa shape index (κ2) is 7.87. The Kier molecular flexibility index (Phi) is 5.31. The van der Waals surface area contributed by atoms with Crippen molar-refractivity contribution in [2.45, 2.75) is 46.5 Å². The van der Waals surface area contributed by atoms with Gasteiger partial charge in [0.2, 0.25) is 0 Å². The number of rotatable bonds is 5. The van der Waals surface area contributed by atoms with E-state index in [1.807, 2.05) is 19.1 Å². The summed E-state index contributed by atoms with van der Waals surface area (Å²) >= 11 is 1.68. The molecule has 1 aliphatic rings. The topological polar surface area (TPSA) is 50.5 Å². The zero-order chi connectivity index (χ0) is 19.7. The molecule has 0 aliphatic heterocycles. The van der Waals surface area contributed by atoms with Crippen LogP contribution in [-0.2, 0) is 12.8 Å². The molecule has 1 aliphatic carbocycles. The van der Waals surface area contributed by atoms with E-state index in [0.29, 0.717) is 5.82 Å². The molecule has 0 spiro atoms. The number of fused-ring (bicyclic) bond motifs is 3. The molecule has 0 amide bonds. The van der Waals surface area contributed by atoms with Crippen molar-refractivity contribution >= 4 is 33.5 Å². The molecule has 2 aromatic heterocycles. The number of anilines is 1. The Morgan fingerprint density at radius 3 is 2.61 bits per heavy atom. The minimum absolute atomic E-state index is 0.0436. The molecule has 0 fully saturated rings. The molecule has 0 radical (unpaired) electrons. The number of benzene rings is 1. The Bertz CT molecular complexity index is 1070. The Morgan fingerprint density at radius 1 is 1.18 bits per heavy atom. The minimum Gasteiger partial charge on any atom is -0.372 e. The predicted molar refractivity (Wildman–Crippen MR) is 118 cm³/mol. The highest BCUT2D eigenvalue weighted by Crippen LogP contribution is 2.33. The largest absolute Gasteiger partial charge is 0.372 e. The van der Waals surface area contributed by atoms with E-state index in [9.17, 15) is 4.79 Å². The Hall–Kier alpha value is -2.47. The molecular weight excluding hydrogens is 368 g/mol. The fraction of sp³-hybridized carbons (Fsp3) is 0.409. The second-order valence-electron chi connectivity index (χ2n) is 7.18. The van der Waals surface area contributed by atoms with E-state index in [-0.39, 0.29) is 5.56 Å². The van der Waals surface area contributed by atoms with E-state index in [2.05, 4.69) is 41.0 Å². The van der Waals surface area contributed by atoms with Gasteiger partial charge in [-0.25, -0.2) is 4.98 Å². The summed E-state index contributed by atoms with van der Waals surface area (Å²) < 4.78 is 1.45. The monoisotopic (exact) mass is 394 g/mol. The van der Waals surface area contributed by atoms with Crippen molar-refractivity contribution < 1.29 is 0 Å². The highest BCUT2D eigenvalue weighted by Gasteiger charge is 2.21. The van der Waals surface area contributed by atoms with Crippen molar-refractivity contribution in [2.24, 2.45) is 5.10 Å². The summed E-state index contributed by atoms with van der Waals surface area (Å²) in [4.78, 5) is 22.3. The van der Waals surface area contributed by atoms with Gasteiger partial charge in [-0.05, 0) is 69.7 Å². The molecule has 0 N–H and O–H groups in total. The van der Waals surface area contributed by atoms with Crippen LogP contribution in [0.15, 0.2) is 34.2 Å². The number of nitrogens with zero attached hydrogens (tertiary/aromatic N) is 4. The normalized spacial score (nSPS) is 14.0. The van der Waals surface area contributed by atoms with Gasteiger partial charge in [-0.2, -0.15) is 9.78 Å². The molecule has 2 heterocycles. The highest BCUT2D eigenvalue weighted by molar-refractivity contribution is 7.18. The Morgan fingerprint density at radius 2 is 1.89 bits per heavy atom. The molecule has 0 atom stereocenters. The van der Waals surface area contributed by atoms with E-state index >= 15 is 0 Å². The average Bonchev–Trinajstić information content (AvgIpc) is 3.08. The van der Waals surface area contributed by atoms with E-state index in [1.165, 1.54) is 27.2 Å². The van der Waals surface area contributed by atoms with E-state index in [1.54, 1.807) is 17.6 Å². The van der Waals surface area contributed by atoms with Crippen LogP contribution in [0.5, 0.6) is 0 Å². The van der Waals surface area contributed by atoms with E-state index in [0.717, 1.165) is 48.1 Å². The van der Waals surface area contributed by atoms with Crippen LogP contribution in [0.3, 0.4) is 0 Å². The van der Waals surface area contributed by atoms with Crippen LogP contribution in [0.4, 0.5) is 5.69 Å². The van der Waals surface area contributed by atoms with Crippen LogP contribution in [0.1, 0.15) is 48.5 Å². The quantitative estimate of drug-likeness (QED) is 0.604. The van der Waals surface area contributed by atoms with Gasteiger partial charge in [0.25, 0.3) is 5.56 Å². The van der Waals surface area contributed by atoms with Crippen molar-refractivity contribution in [3.63, 3.8) is 0 Å². The molecule has 146 valence electrons. The molecule has 0 saturated heterocycles. The molecule has 1 aromatic carbocycles. The third-order valence-corrected chi connectivity index (χ3v) is 6.66. The van der Waals surface area contributed by atoms with Crippen molar-refractivity contribution in [2.75, 3.05) is 18.0 Å². The molecule has 0 unspecified atom stereocenters. The predicted octanol–water partition coefficient (Wildman–Crippen LogP) is 4.37. The van der Waals surface area contributed by atoms with Crippen LogP contribution < -0.4 is 10.5 Å². The highest BCUT2D eigenvalue weighted by atomic mass is 32.1. The van der Waals surface area contributed by atoms with Crippen molar-refractivity contribution in [1.29, 1.82) is 0 Å². The lowest BCUT2D eigenvalue weighted by molar-refractivity contribution is 0.698. The zero-order valence-electron chi connectivity index (χ0n) is 16.7. The van der Waals surface area contributed by atoms with Gasteiger partial charge >= 0.3 is 0 Å². The first-order valence-electron chi connectivity index (χ1n) is 10.1. The van der Waals surface area contributed by atoms with Gasteiger partial charge in [0.1, 0.15) is 10.7 Å². The summed E-state index contributed by atoms with van der Waals surface area (Å²) in [6.45, 7) is 8.12. The lowest BCUT2D eigenvalue weighted by atomic mass is 9.97. The summed E-state index contributed by atoms with van der Waals surface area (Å²) in [5.74, 6) is 0.632. The third kappa shape index (κ3) is 3.37. The number of thiophene rings is 1. The van der Waals surface area contributed by atoms with Crippen LogP contribution in [0, 0.1) is 6.92 Å². The number of hydrogen-bond acceptors (Lipinski definition) is 5. The van der Waals surface area contributed by atoms with Gasteiger partial charge in [-0.3, -0.25) is 4.79 Å². The van der Waals surface area contributed by atoms with Crippen LogP contribution >= 0.6 is 11.3 Å². The first-order valence-corrected chi connectivity index (χ1v) is 10.9. The first-order chi connectivity index (χ1) is 13.6. The van der Waals surface area contributed by atoms with Crippen LogP contribution in [0.25, 0.3) is 10.2 Å². The summed E-state index contributed by atoms with van der Waals surface area (Å²) in [7, 11) is 0. The molecular formula is C22H26N4OS. The summed E-state index contributed by atoms with van der Waals surface area (Å²) in [6, 6.07) is 8.27. The SMILES string of the molecule is CCN(CC)c1ccc(/C=N\n2c(C)nc3sc4c(c3c2=O)CCCC4)cc1. The minimum atomic E-state index is -0.0436. The van der Waals surface area contributed by atoms with Gasteiger partial charge in [0.05, 0.1) is 11.6 Å². The van der Waals surface area contributed by atoms with Gasteiger partial charge in [0.15, 0.2) is 0 Å². The molecule has 0 saturated carbocycles. The summed E-state index contributed by atoms with van der Waals surface area (Å²) in [5.41, 5.74) is 3.33. The van der Waals surface area contributed by atoms with Gasteiger partial charge in [-0.15, -0.1) is 11.3 Å². The first kappa shape index (κ1) is 18.9. The second-order valence-corrected chi connectivity index (χ2v) is 8.26. The Labute approximate surface area is 169 Å². The maximum Gasteiger partial charge on any atom is 0.283 e. The number of aromatic nitrogens is 2. The van der Waals surface area contributed by atoms with Gasteiger partial charge in [0, 0.05) is 23.7 Å². The Balaban J connectivity index is 1.68. The number of hydrogen-bond donors (Lipinski definition) is 0. The van der Waals surface area contributed by atoms with E-state index in [4.69, 9.17) is 0 Å². The number of aryl methyl sites for hydroxylation is 3. The van der Waals surface area contributed by atoms with Crippen molar-refractivity contribution in [1.82, 2.24) is 9.66 Å². The average molecular weight is 395 g/mol. The summed E-state index contributed by atoms with van der Waals surface area (Å²) in [6.07, 6.45) is 6.14. The lowest BCUT2D eigenvalue weighted by Crippen LogP contribution is -2.21. The zero-order valence-corrected chi connectivity index (χ0v) is 17.6. The van der Waals surface area contributed by atoms with Crippen LogP contribution in [-0.4, -0.2) is 29.0 Å². The maximum atomic E-state index is 13.1. The summed E-state index contributed by atoms with van der Waals surface area (Å²) in [5, 5.41) is 5.25. The molecule has 28 heavy (non-hydrogen) atoms. The molecule has 0 bridgehead atoms. The maximum absolute atomic E-state index is 13.1. The third-order valence-electron chi connectivity index (χ3n) is 5.47. The molecule has 5 nitrogen and oxygen atoms in total. The molecule has 4 rings (SSSR count).